The number of non-ortho nitro benzene ring substituents is 1. The summed E-state index contributed by atoms with van der Waals surface area (Å²) in [6.07, 6.45) is 0. The van der Waals surface area contributed by atoms with Gasteiger partial charge in [0, 0.05) is 33.7 Å². The Balaban J connectivity index is 1.45. The first-order chi connectivity index (χ1) is 19.9. The molecule has 1 unspecified atom stereocenters. The highest BCUT2D eigenvalue weighted by Gasteiger charge is 2.29. The molecule has 0 fully saturated rings. The molecule has 1 atom stereocenters. The molecule has 0 bridgehead atoms. The van der Waals surface area contributed by atoms with Crippen molar-refractivity contribution in [3.63, 3.8) is 0 Å². The summed E-state index contributed by atoms with van der Waals surface area (Å²) in [4.78, 5) is 53.2. The third-order valence-electron chi connectivity index (χ3n) is 5.57. The van der Waals surface area contributed by atoms with Crippen LogP contribution in [0.15, 0.2) is 58.8 Å². The van der Waals surface area contributed by atoms with Crippen LogP contribution in [0.3, 0.4) is 0 Å². The monoisotopic (exact) mass is 684 g/mol. The fourth-order valence-electron chi connectivity index (χ4n) is 3.59. The molecule has 0 saturated carbocycles. The topological polar surface area (TPSA) is 152 Å². The average molecular weight is 686 g/mol. The van der Waals surface area contributed by atoms with Crippen LogP contribution in [0, 0.1) is 10.1 Å². The van der Waals surface area contributed by atoms with E-state index < -0.39 is 38.2 Å². The average Bonchev–Trinajstić information content (AvgIpc) is 3.42. The maximum absolute atomic E-state index is 13.0. The van der Waals surface area contributed by atoms with Crippen LogP contribution in [0.1, 0.15) is 27.6 Å². The number of hydrogen-bond donors (Lipinski definition) is 3. The van der Waals surface area contributed by atoms with E-state index in [1.807, 2.05) is 0 Å². The van der Waals surface area contributed by atoms with Gasteiger partial charge in [-0.05, 0) is 25.1 Å². The lowest BCUT2D eigenvalue weighted by Gasteiger charge is -2.15. The number of carboxylic acids is 1. The van der Waals surface area contributed by atoms with E-state index in [4.69, 9.17) is 46.4 Å². The number of carbonyl (C=O) groups is 3. The Hall–Kier alpha value is -3.39. The molecule has 10 nitrogen and oxygen atoms in total. The second-order valence-corrected chi connectivity index (χ2v) is 12.2. The van der Waals surface area contributed by atoms with Gasteiger partial charge in [-0.25, -0.2) is 9.78 Å². The number of amides is 2. The third kappa shape index (κ3) is 6.97. The molecule has 1 heterocycles. The van der Waals surface area contributed by atoms with E-state index in [1.54, 1.807) is 48.7 Å². The summed E-state index contributed by atoms with van der Waals surface area (Å²) >= 11 is 26.6. The SMILES string of the molecule is CC(Sc1cccc(NC(=O)c2c(Cl)c(Cl)c(Cl)c(Cl)c2C(=O)O)c1)C(=O)Nc1nc(-c2cccc([N+](=O)[O-])c2)cs1. The molecule has 0 saturated heterocycles. The Morgan fingerprint density at radius 3 is 2.31 bits per heavy atom. The van der Waals surface area contributed by atoms with Crippen LogP contribution < -0.4 is 10.6 Å². The molecular formula is C26H16Cl4N4O6S2. The second kappa shape index (κ2) is 13.3. The van der Waals surface area contributed by atoms with Crippen LogP contribution >= 0.6 is 69.5 Å². The first kappa shape index (κ1) is 31.5. The number of nitro benzene ring substituents is 1. The lowest BCUT2D eigenvalue weighted by atomic mass is 10.1. The Morgan fingerprint density at radius 2 is 1.64 bits per heavy atom. The summed E-state index contributed by atoms with van der Waals surface area (Å²) in [7, 11) is 0. The minimum Gasteiger partial charge on any atom is -0.478 e. The fourth-order valence-corrected chi connectivity index (χ4v) is 6.26. The number of aromatic carboxylic acids is 1. The molecule has 0 aliphatic heterocycles. The van der Waals surface area contributed by atoms with Crippen LogP contribution in [0.2, 0.25) is 20.1 Å². The van der Waals surface area contributed by atoms with Gasteiger partial charge in [0.05, 0.1) is 47.1 Å². The summed E-state index contributed by atoms with van der Waals surface area (Å²) in [6, 6.07) is 12.5. The number of rotatable bonds is 9. The summed E-state index contributed by atoms with van der Waals surface area (Å²) in [5, 5.41) is 26.0. The minimum atomic E-state index is -1.52. The fraction of sp³-hybridized carbons (Fsp3) is 0.0769. The van der Waals surface area contributed by atoms with Crippen molar-refractivity contribution < 1.29 is 24.4 Å². The molecular weight excluding hydrogens is 670 g/mol. The molecule has 216 valence electrons. The van der Waals surface area contributed by atoms with Crippen LogP contribution in [0.25, 0.3) is 11.3 Å². The first-order valence-corrected chi connectivity index (χ1v) is 14.8. The largest absolute Gasteiger partial charge is 0.478 e. The van der Waals surface area contributed by atoms with E-state index in [2.05, 4.69) is 15.6 Å². The van der Waals surface area contributed by atoms with Gasteiger partial charge in [0.1, 0.15) is 0 Å². The van der Waals surface area contributed by atoms with Gasteiger partial charge in [0.2, 0.25) is 5.91 Å². The van der Waals surface area contributed by atoms with Crippen molar-refractivity contribution in [3.8, 4) is 11.3 Å². The van der Waals surface area contributed by atoms with E-state index in [0.717, 1.165) is 0 Å². The minimum absolute atomic E-state index is 0.0688. The van der Waals surface area contributed by atoms with Crippen molar-refractivity contribution in [2.24, 2.45) is 0 Å². The van der Waals surface area contributed by atoms with Crippen molar-refractivity contribution in [1.29, 1.82) is 0 Å². The number of carboxylic acid groups (broad SMARTS) is 1. The zero-order valence-electron chi connectivity index (χ0n) is 21.0. The molecule has 3 N–H and O–H groups in total. The van der Waals surface area contributed by atoms with Gasteiger partial charge in [0.15, 0.2) is 5.13 Å². The van der Waals surface area contributed by atoms with E-state index in [9.17, 15) is 29.6 Å². The maximum atomic E-state index is 13.0. The lowest BCUT2D eigenvalue weighted by Crippen LogP contribution is -2.22. The van der Waals surface area contributed by atoms with Crippen molar-refractivity contribution in [3.05, 3.63) is 95.2 Å². The van der Waals surface area contributed by atoms with Crippen molar-refractivity contribution in [2.75, 3.05) is 10.6 Å². The van der Waals surface area contributed by atoms with Crippen LogP contribution in [-0.4, -0.2) is 38.0 Å². The van der Waals surface area contributed by atoms with Gasteiger partial charge < -0.3 is 15.7 Å². The van der Waals surface area contributed by atoms with E-state index in [1.165, 1.54) is 35.2 Å². The van der Waals surface area contributed by atoms with Crippen molar-refractivity contribution in [1.82, 2.24) is 4.98 Å². The van der Waals surface area contributed by atoms with E-state index in [-0.39, 0.29) is 32.3 Å². The summed E-state index contributed by atoms with van der Waals surface area (Å²) in [5.74, 6) is -2.75. The molecule has 4 aromatic rings. The molecule has 42 heavy (non-hydrogen) atoms. The standard InChI is InChI=1S/C26H16Cl4N4O6S2/c1-11(23(35)33-26-32-16(10-41-26)12-4-2-6-14(8-12)34(39)40)42-15-7-3-5-13(9-15)31-24(36)17-18(25(37)38)20(28)22(30)21(29)19(17)27/h2-11H,1H3,(H,31,36)(H,37,38)(H,32,33,35). The Bertz CT molecular complexity index is 1750. The summed E-state index contributed by atoms with van der Waals surface area (Å²) < 4.78 is 0. The van der Waals surface area contributed by atoms with Crippen LogP contribution in [0.4, 0.5) is 16.5 Å². The number of benzene rings is 3. The normalized spacial score (nSPS) is 11.5. The Morgan fingerprint density at radius 1 is 0.976 bits per heavy atom. The molecule has 0 aliphatic carbocycles. The predicted octanol–water partition coefficient (Wildman–Crippen LogP) is 8.40. The summed E-state index contributed by atoms with van der Waals surface area (Å²) in [6.45, 7) is 1.68. The molecule has 16 heteroatoms. The molecule has 1 aromatic heterocycles. The van der Waals surface area contributed by atoms with Gasteiger partial charge in [-0.15, -0.1) is 23.1 Å². The zero-order chi connectivity index (χ0) is 30.7. The third-order valence-corrected chi connectivity index (χ3v) is 9.22. The number of nitro groups is 1. The number of hydrogen-bond acceptors (Lipinski definition) is 8. The van der Waals surface area contributed by atoms with E-state index >= 15 is 0 Å². The smallest absolute Gasteiger partial charge is 0.338 e. The molecule has 0 radical (unpaired) electrons. The van der Waals surface area contributed by atoms with Gasteiger partial charge in [-0.1, -0.05) is 64.6 Å². The first-order valence-electron chi connectivity index (χ1n) is 11.6. The number of carbonyl (C=O) groups excluding carboxylic acids is 2. The van der Waals surface area contributed by atoms with Gasteiger partial charge in [-0.2, -0.15) is 0 Å². The highest BCUT2D eigenvalue weighted by molar-refractivity contribution is 8.00. The zero-order valence-corrected chi connectivity index (χ0v) is 25.6. The molecule has 0 spiro atoms. The highest BCUT2D eigenvalue weighted by Crippen LogP contribution is 2.42. The molecule has 3 aromatic carbocycles. The number of nitrogens with zero attached hydrogens (tertiary/aromatic N) is 2. The van der Waals surface area contributed by atoms with Crippen LogP contribution in [0.5, 0.6) is 0 Å². The quantitative estimate of drug-likeness (QED) is 0.0522. The molecule has 4 rings (SSSR count). The highest BCUT2D eigenvalue weighted by atomic mass is 35.5. The van der Waals surface area contributed by atoms with Gasteiger partial charge in [0.25, 0.3) is 11.6 Å². The van der Waals surface area contributed by atoms with E-state index in [0.29, 0.717) is 21.3 Å². The molecule has 0 aliphatic rings. The molecule has 2 amide bonds. The second-order valence-electron chi connectivity index (χ2n) is 8.39. The number of aromatic nitrogens is 1. The predicted molar refractivity (Wildman–Crippen MR) is 166 cm³/mol. The Kier molecular flexibility index (Phi) is 9.97. The number of halogens is 4. The number of thiazole rings is 1. The van der Waals surface area contributed by atoms with Crippen LogP contribution in [-0.2, 0) is 4.79 Å². The maximum Gasteiger partial charge on any atom is 0.338 e. The number of nitrogens with one attached hydrogen (secondary N) is 2. The summed E-state index contributed by atoms with van der Waals surface area (Å²) in [5.41, 5.74) is 0.191. The lowest BCUT2D eigenvalue weighted by molar-refractivity contribution is -0.384. The van der Waals surface area contributed by atoms with Gasteiger partial charge in [-0.3, -0.25) is 19.7 Å². The van der Waals surface area contributed by atoms with Crippen molar-refractivity contribution >= 4 is 104 Å². The Labute approximate surface area is 266 Å². The van der Waals surface area contributed by atoms with Gasteiger partial charge >= 0.3 is 5.97 Å². The number of anilines is 2. The number of thioether (sulfide) groups is 1. The van der Waals surface area contributed by atoms with Crippen molar-refractivity contribution in [2.45, 2.75) is 17.1 Å².